The lowest BCUT2D eigenvalue weighted by Gasteiger charge is -2.40. The van der Waals surface area contributed by atoms with Gasteiger partial charge in [0.1, 0.15) is 36.3 Å². The van der Waals surface area contributed by atoms with Gasteiger partial charge in [-0.1, -0.05) is 42.8 Å². The lowest BCUT2D eigenvalue weighted by molar-refractivity contribution is -0.232. The summed E-state index contributed by atoms with van der Waals surface area (Å²) in [6.45, 7) is 1.45. The van der Waals surface area contributed by atoms with Gasteiger partial charge < -0.3 is 29.9 Å². The molecular formula is C22H27ClO6. The van der Waals surface area contributed by atoms with Crippen LogP contribution in [0, 0.1) is 0 Å². The van der Waals surface area contributed by atoms with Crippen molar-refractivity contribution in [3.05, 3.63) is 63.7 Å². The highest BCUT2D eigenvalue weighted by molar-refractivity contribution is 6.31. The molecule has 6 nitrogen and oxygen atoms in total. The van der Waals surface area contributed by atoms with Crippen molar-refractivity contribution in [2.45, 2.75) is 50.3 Å². The van der Waals surface area contributed by atoms with Crippen LogP contribution in [0.3, 0.4) is 0 Å². The maximum atomic E-state index is 10.6. The second-order valence-electron chi connectivity index (χ2n) is 7.18. The zero-order valence-corrected chi connectivity index (χ0v) is 16.7. The first-order chi connectivity index (χ1) is 15.0. The van der Waals surface area contributed by atoms with E-state index in [9.17, 15) is 20.4 Å². The molecule has 4 N–H and O–H groups in total. The van der Waals surface area contributed by atoms with Crippen molar-refractivity contribution in [1.29, 1.82) is 0 Å². The fourth-order valence-electron chi connectivity index (χ4n) is 3.54. The molecule has 0 bridgehead atoms. The fraction of sp³-hybridized carbons (Fsp3) is 0.455. The van der Waals surface area contributed by atoms with Crippen LogP contribution in [0.1, 0.15) is 39.4 Å². The number of benzene rings is 2. The Labute approximate surface area is 179 Å². The minimum absolute atomic E-state index is 0.141. The van der Waals surface area contributed by atoms with Gasteiger partial charge in [-0.3, -0.25) is 0 Å². The molecule has 2 aromatic rings. The highest BCUT2D eigenvalue weighted by Crippen LogP contribution is 2.39. The first kappa shape index (κ1) is 18.1. The Bertz CT molecular complexity index is 919. The van der Waals surface area contributed by atoms with E-state index in [0.717, 1.165) is 12.0 Å². The van der Waals surface area contributed by atoms with E-state index in [-0.39, 0.29) is 16.3 Å². The molecule has 1 aliphatic heterocycles. The van der Waals surface area contributed by atoms with Gasteiger partial charge in [-0.2, -0.15) is 0 Å². The highest BCUT2D eigenvalue weighted by Gasteiger charge is 2.45. The maximum Gasteiger partial charge on any atom is 0.126 e. The topological polar surface area (TPSA) is 99.4 Å². The van der Waals surface area contributed by atoms with Gasteiger partial charge in [0.15, 0.2) is 0 Å². The van der Waals surface area contributed by atoms with Gasteiger partial charge in [0, 0.05) is 10.6 Å². The summed E-state index contributed by atoms with van der Waals surface area (Å²) in [5, 5.41) is 40.6. The van der Waals surface area contributed by atoms with Crippen LogP contribution in [0.15, 0.2) is 36.4 Å². The van der Waals surface area contributed by atoms with Gasteiger partial charge in [0.05, 0.1) is 17.8 Å². The molecule has 1 fully saturated rings. The zero-order valence-electron chi connectivity index (χ0n) is 19.0. The van der Waals surface area contributed by atoms with Crippen molar-refractivity contribution in [2.75, 3.05) is 13.6 Å². The largest absolute Gasteiger partial charge is 0.496 e. The molecule has 0 saturated carbocycles. The minimum atomic E-state index is -2.80. The van der Waals surface area contributed by atoms with Crippen LogP contribution >= 0.6 is 11.6 Å². The summed E-state index contributed by atoms with van der Waals surface area (Å²) in [4.78, 5) is 0. The average Bonchev–Trinajstić information content (AvgIpc) is 2.74. The predicted octanol–water partition coefficient (Wildman–Crippen LogP) is 2.02. The van der Waals surface area contributed by atoms with Gasteiger partial charge in [-0.15, -0.1) is 0 Å². The highest BCUT2D eigenvalue weighted by atomic mass is 35.5. The minimum Gasteiger partial charge on any atom is -0.496 e. The molecule has 29 heavy (non-hydrogen) atoms. The van der Waals surface area contributed by atoms with E-state index in [1.54, 1.807) is 6.07 Å². The molecule has 1 aliphatic rings. The Morgan fingerprint density at radius 3 is 2.38 bits per heavy atom. The van der Waals surface area contributed by atoms with Crippen LogP contribution in [0.5, 0.6) is 5.75 Å². The van der Waals surface area contributed by atoms with Crippen LogP contribution in [0.2, 0.25) is 5.02 Å². The quantitative estimate of drug-likeness (QED) is 0.565. The Balaban J connectivity index is 2.03. The van der Waals surface area contributed by atoms with Gasteiger partial charge in [0.2, 0.25) is 0 Å². The SMILES string of the molecule is [2H]C([2H])([2H])Oc1cc(Cl)c(Cc2ccc(CC)cc2)cc1[C@@H]1O[C@H](CO)[C@@H](O)[C@H](O)[C@H]1O. The van der Waals surface area contributed by atoms with Gasteiger partial charge in [-0.05, 0) is 41.7 Å². The first-order valence-electron chi connectivity index (χ1n) is 10.9. The number of hydrogen-bond donors (Lipinski definition) is 4. The summed E-state index contributed by atoms with van der Waals surface area (Å²) in [5.41, 5.74) is 2.92. The van der Waals surface area contributed by atoms with Crippen molar-refractivity contribution in [1.82, 2.24) is 0 Å². The lowest BCUT2D eigenvalue weighted by atomic mass is 9.89. The average molecular weight is 426 g/mol. The molecule has 0 spiro atoms. The maximum absolute atomic E-state index is 10.6. The second kappa shape index (κ2) is 9.43. The number of aliphatic hydroxyl groups is 4. The molecule has 0 radical (unpaired) electrons. The molecule has 7 heteroatoms. The van der Waals surface area contributed by atoms with E-state index in [1.165, 1.54) is 11.6 Å². The van der Waals surface area contributed by atoms with Crippen LogP contribution in [0.25, 0.3) is 0 Å². The number of ether oxygens (including phenoxy) is 2. The molecule has 3 rings (SSSR count). The molecule has 2 aromatic carbocycles. The van der Waals surface area contributed by atoms with E-state index < -0.39 is 44.2 Å². The standard InChI is InChI=1S/C22H27ClO6/c1-3-12-4-6-13(7-5-12)8-14-9-15(17(28-2)10-16(14)23)22-21(27)20(26)19(25)18(11-24)29-22/h4-7,9-10,18-22,24-27H,3,8,11H2,1-2H3/t18-,19-,20+,21-,22+/m1/s1/i2D3. The summed E-state index contributed by atoms with van der Waals surface area (Å²) < 4.78 is 33.1. The molecule has 0 unspecified atom stereocenters. The van der Waals surface area contributed by atoms with E-state index in [1.807, 2.05) is 24.3 Å². The third-order valence-electron chi connectivity index (χ3n) is 5.31. The predicted molar refractivity (Wildman–Crippen MR) is 109 cm³/mol. The molecule has 1 saturated heterocycles. The number of rotatable bonds is 6. The molecule has 158 valence electrons. The van der Waals surface area contributed by atoms with Crippen LogP contribution < -0.4 is 4.74 Å². The second-order valence-corrected chi connectivity index (χ2v) is 7.59. The third kappa shape index (κ3) is 4.58. The van der Waals surface area contributed by atoms with Crippen LogP contribution in [-0.2, 0) is 17.6 Å². The summed E-state index contributed by atoms with van der Waals surface area (Å²) in [7, 11) is -2.80. The Morgan fingerprint density at radius 1 is 1.07 bits per heavy atom. The fourth-order valence-corrected chi connectivity index (χ4v) is 3.76. The van der Waals surface area contributed by atoms with Gasteiger partial charge >= 0.3 is 0 Å². The van der Waals surface area contributed by atoms with Crippen LogP contribution in [-0.4, -0.2) is 58.5 Å². The molecule has 1 heterocycles. The lowest BCUT2D eigenvalue weighted by Crippen LogP contribution is -2.55. The van der Waals surface area contributed by atoms with Crippen molar-refractivity contribution in [2.24, 2.45) is 0 Å². The van der Waals surface area contributed by atoms with Crippen LogP contribution in [0.4, 0.5) is 0 Å². The molecular weight excluding hydrogens is 396 g/mol. The number of aliphatic hydroxyl groups excluding tert-OH is 4. The summed E-state index contributed by atoms with van der Waals surface area (Å²) >= 11 is 6.43. The number of methoxy groups -OCH3 is 1. The summed E-state index contributed by atoms with van der Waals surface area (Å²) in [6, 6.07) is 10.8. The van der Waals surface area contributed by atoms with Crippen molar-refractivity contribution in [3.63, 3.8) is 0 Å². The van der Waals surface area contributed by atoms with Gasteiger partial charge in [-0.25, -0.2) is 0 Å². The van der Waals surface area contributed by atoms with Crippen molar-refractivity contribution < 1.29 is 34.0 Å². The Kier molecular flexibility index (Phi) is 5.89. The molecule has 0 aromatic heterocycles. The summed E-state index contributed by atoms with van der Waals surface area (Å²) in [6.07, 6.45) is -5.84. The van der Waals surface area contributed by atoms with E-state index in [2.05, 4.69) is 6.92 Å². The van der Waals surface area contributed by atoms with Crippen molar-refractivity contribution >= 4 is 11.6 Å². The molecule has 0 amide bonds. The normalized spacial score (nSPS) is 29.0. The molecule has 5 atom stereocenters. The number of hydrogen-bond acceptors (Lipinski definition) is 6. The first-order valence-corrected chi connectivity index (χ1v) is 9.81. The summed E-state index contributed by atoms with van der Waals surface area (Å²) in [5.74, 6) is -0.149. The molecule has 0 aliphatic carbocycles. The van der Waals surface area contributed by atoms with E-state index in [4.69, 9.17) is 25.2 Å². The monoisotopic (exact) mass is 425 g/mol. The van der Waals surface area contributed by atoms with Crippen molar-refractivity contribution in [3.8, 4) is 5.75 Å². The number of aryl methyl sites for hydroxylation is 1. The number of halogens is 1. The van der Waals surface area contributed by atoms with E-state index in [0.29, 0.717) is 12.0 Å². The van der Waals surface area contributed by atoms with E-state index >= 15 is 0 Å². The zero-order chi connectivity index (χ0) is 23.6. The Morgan fingerprint density at radius 2 is 1.76 bits per heavy atom. The van der Waals surface area contributed by atoms with Gasteiger partial charge in [0.25, 0.3) is 0 Å². The smallest absolute Gasteiger partial charge is 0.126 e. The Hall–Kier alpha value is -1.67. The third-order valence-corrected chi connectivity index (χ3v) is 5.67.